The van der Waals surface area contributed by atoms with Gasteiger partial charge in [-0.2, -0.15) is 4.98 Å². The van der Waals surface area contributed by atoms with Gasteiger partial charge in [0.05, 0.1) is 18.2 Å². The molecule has 6 nitrogen and oxygen atoms in total. The molecule has 0 saturated heterocycles. The van der Waals surface area contributed by atoms with Gasteiger partial charge in [-0.3, -0.25) is 9.89 Å². The van der Waals surface area contributed by atoms with E-state index in [1.165, 1.54) is 4.68 Å². The van der Waals surface area contributed by atoms with E-state index < -0.39 is 0 Å². The van der Waals surface area contributed by atoms with Gasteiger partial charge in [0.25, 0.3) is 11.5 Å². The van der Waals surface area contributed by atoms with Crippen molar-refractivity contribution in [1.29, 1.82) is 0 Å². The molecule has 2 aliphatic heterocycles. The fourth-order valence-electron chi connectivity index (χ4n) is 2.08. The summed E-state index contributed by atoms with van der Waals surface area (Å²) < 4.78 is 6.82. The summed E-state index contributed by atoms with van der Waals surface area (Å²) in [5.74, 6) is 1.01. The number of H-pyrrole nitrogens is 1. The highest BCUT2D eigenvalue weighted by Gasteiger charge is 2.12. The van der Waals surface area contributed by atoms with Crippen LogP contribution < -0.4 is 21.0 Å². The molecule has 0 spiro atoms. The smallest absolute Gasteiger partial charge is 0.299 e. The van der Waals surface area contributed by atoms with E-state index in [0.29, 0.717) is 28.1 Å². The van der Waals surface area contributed by atoms with Gasteiger partial charge in [0.15, 0.2) is 0 Å². The minimum Gasteiger partial charge on any atom is -0.496 e. The summed E-state index contributed by atoms with van der Waals surface area (Å²) >= 11 is 0. The summed E-state index contributed by atoms with van der Waals surface area (Å²) in [4.78, 5) is 20.3. The first-order valence-electron chi connectivity index (χ1n) is 6.39. The van der Waals surface area contributed by atoms with Crippen LogP contribution in [0.4, 0.5) is 0 Å². The summed E-state index contributed by atoms with van der Waals surface area (Å²) in [5, 5.41) is 4.03. The van der Waals surface area contributed by atoms with Crippen molar-refractivity contribution in [2.24, 2.45) is 0 Å². The van der Waals surface area contributed by atoms with E-state index in [1.54, 1.807) is 13.2 Å². The summed E-state index contributed by atoms with van der Waals surface area (Å²) in [6, 6.07) is 7.44. The maximum Gasteiger partial charge on any atom is 0.299 e. The van der Waals surface area contributed by atoms with Crippen molar-refractivity contribution >= 4 is 12.7 Å². The number of methoxy groups -OCH3 is 1. The van der Waals surface area contributed by atoms with E-state index in [2.05, 4.69) is 21.6 Å². The number of aryl methyl sites for hydroxylation is 1. The van der Waals surface area contributed by atoms with E-state index in [9.17, 15) is 4.79 Å². The summed E-state index contributed by atoms with van der Waals surface area (Å²) in [6.45, 7) is 5.66. The zero-order valence-corrected chi connectivity index (χ0v) is 11.8. The van der Waals surface area contributed by atoms with Crippen LogP contribution in [0, 0.1) is 6.92 Å². The number of benzene rings is 1. The topological polar surface area (TPSA) is 72.8 Å². The van der Waals surface area contributed by atoms with Crippen molar-refractivity contribution in [3.8, 4) is 11.7 Å². The Morgan fingerprint density at radius 1 is 1.33 bits per heavy atom. The molecular formula is C15H14N4O2. The molecule has 0 saturated carbocycles. The van der Waals surface area contributed by atoms with Crippen LogP contribution in [0.1, 0.15) is 11.3 Å². The fourth-order valence-corrected chi connectivity index (χ4v) is 2.08. The molecular weight excluding hydrogens is 268 g/mol. The first-order chi connectivity index (χ1) is 10.1. The molecule has 0 atom stereocenters. The third-order valence-corrected chi connectivity index (χ3v) is 3.24. The van der Waals surface area contributed by atoms with Crippen LogP contribution in [0.2, 0.25) is 0 Å². The van der Waals surface area contributed by atoms with Crippen LogP contribution in [-0.2, 0) is 0 Å². The Bertz CT molecular complexity index is 939. The molecule has 1 aromatic rings. The Morgan fingerprint density at radius 2 is 2.10 bits per heavy atom. The number of aromatic nitrogens is 4. The number of nitrogens with one attached hydrogen (secondary N) is 1. The molecule has 0 radical (unpaired) electrons. The molecule has 6 heteroatoms. The van der Waals surface area contributed by atoms with Crippen molar-refractivity contribution in [3.63, 3.8) is 0 Å². The molecule has 21 heavy (non-hydrogen) atoms. The predicted molar refractivity (Wildman–Crippen MR) is 79.2 cm³/mol. The molecule has 1 aromatic carbocycles. The number of ether oxygens (including phenoxy) is 1. The molecule has 3 rings (SSSR count). The van der Waals surface area contributed by atoms with Gasteiger partial charge in [-0.1, -0.05) is 24.8 Å². The van der Waals surface area contributed by atoms with Crippen LogP contribution in [0.15, 0.2) is 29.1 Å². The lowest BCUT2D eigenvalue weighted by molar-refractivity contribution is 0.414. The van der Waals surface area contributed by atoms with Gasteiger partial charge >= 0.3 is 0 Å². The summed E-state index contributed by atoms with van der Waals surface area (Å²) in [6.07, 6.45) is 1.72. The van der Waals surface area contributed by atoms with Crippen LogP contribution in [0.5, 0.6) is 5.75 Å². The largest absolute Gasteiger partial charge is 0.496 e. The zero-order chi connectivity index (χ0) is 15.0. The second-order valence-electron chi connectivity index (χ2n) is 4.61. The Labute approximate surface area is 120 Å². The second kappa shape index (κ2) is 4.90. The number of para-hydroxylation sites is 1. The molecule has 0 aliphatic carbocycles. The van der Waals surface area contributed by atoms with Gasteiger partial charge in [0, 0.05) is 5.56 Å². The highest BCUT2D eigenvalue weighted by Crippen LogP contribution is 2.17. The van der Waals surface area contributed by atoms with Gasteiger partial charge in [0.1, 0.15) is 11.1 Å². The van der Waals surface area contributed by atoms with Gasteiger partial charge in [0.2, 0.25) is 0 Å². The number of aromatic amines is 1. The summed E-state index contributed by atoms with van der Waals surface area (Å²) in [7, 11) is 1.59. The lowest BCUT2D eigenvalue weighted by Gasteiger charge is -2.05. The fraction of sp³-hybridized carbons (Fsp3) is 0.133. The van der Waals surface area contributed by atoms with Crippen LogP contribution in [0.3, 0.4) is 0 Å². The van der Waals surface area contributed by atoms with Crippen molar-refractivity contribution in [2.45, 2.75) is 6.92 Å². The van der Waals surface area contributed by atoms with E-state index in [-0.39, 0.29) is 5.56 Å². The molecule has 2 heterocycles. The quantitative estimate of drug-likeness (QED) is 0.715. The standard InChI is InChI=1S/C15H14N4O2/c1-9-10(2)18-19-12(14(20)17-15(19)16-9)8-11-6-4-5-7-13(11)21-3/h4-8,18H,2H2,1,3H3/b12-8+. The SMILES string of the molecule is C=c1[nH]n2/c(=C/c3ccccc3OC)c(=O)nc-2nc1C. The van der Waals surface area contributed by atoms with Gasteiger partial charge in [-0.25, -0.2) is 9.67 Å². The third-order valence-electron chi connectivity index (χ3n) is 3.24. The minimum atomic E-state index is -0.352. The van der Waals surface area contributed by atoms with Crippen molar-refractivity contribution < 1.29 is 4.74 Å². The van der Waals surface area contributed by atoms with Gasteiger partial charge < -0.3 is 4.74 Å². The van der Waals surface area contributed by atoms with E-state index in [0.717, 1.165) is 5.56 Å². The number of nitrogens with zero attached hydrogens (tertiary/aromatic N) is 3. The Kier molecular flexibility index (Phi) is 3.06. The van der Waals surface area contributed by atoms with E-state index in [1.807, 2.05) is 31.2 Å². The average Bonchev–Trinajstić information content (AvgIpc) is 2.76. The van der Waals surface area contributed by atoms with Crippen molar-refractivity contribution in [1.82, 2.24) is 19.7 Å². The maximum atomic E-state index is 12.1. The van der Waals surface area contributed by atoms with Crippen LogP contribution >= 0.6 is 0 Å². The average molecular weight is 282 g/mol. The third kappa shape index (κ3) is 2.20. The maximum absolute atomic E-state index is 12.1. The number of hydrogen-bond acceptors (Lipinski definition) is 4. The molecule has 0 amide bonds. The molecule has 2 aliphatic rings. The van der Waals surface area contributed by atoms with E-state index >= 15 is 0 Å². The van der Waals surface area contributed by atoms with Crippen molar-refractivity contribution in [2.75, 3.05) is 7.11 Å². The highest BCUT2D eigenvalue weighted by atomic mass is 16.5. The molecule has 0 unspecified atom stereocenters. The lowest BCUT2D eigenvalue weighted by Crippen LogP contribution is -2.32. The monoisotopic (exact) mass is 282 g/mol. The van der Waals surface area contributed by atoms with Crippen LogP contribution in [0.25, 0.3) is 18.6 Å². The van der Waals surface area contributed by atoms with Crippen molar-refractivity contribution in [3.05, 3.63) is 56.6 Å². The summed E-state index contributed by atoms with van der Waals surface area (Å²) in [5.41, 5.74) is 1.14. The molecule has 0 bridgehead atoms. The first kappa shape index (κ1) is 13.1. The molecule has 0 aromatic heterocycles. The predicted octanol–water partition coefficient (Wildman–Crippen LogP) is -0.0505. The zero-order valence-electron chi connectivity index (χ0n) is 11.8. The minimum absolute atomic E-state index is 0.325. The number of rotatable bonds is 2. The normalized spacial score (nSPS) is 12.0. The lowest BCUT2D eigenvalue weighted by atomic mass is 10.2. The van der Waals surface area contributed by atoms with E-state index in [4.69, 9.17) is 4.74 Å². The second-order valence-corrected chi connectivity index (χ2v) is 4.61. The number of fused-ring (bicyclic) bond motifs is 1. The van der Waals surface area contributed by atoms with Gasteiger partial charge in [-0.15, -0.1) is 0 Å². The molecule has 1 N–H and O–H groups in total. The number of imidazole rings is 1. The Morgan fingerprint density at radius 3 is 2.86 bits per heavy atom. The molecule has 106 valence electrons. The first-order valence-corrected chi connectivity index (χ1v) is 6.39. The molecule has 0 fully saturated rings. The number of hydrogen-bond donors (Lipinski definition) is 1. The van der Waals surface area contributed by atoms with Gasteiger partial charge in [-0.05, 0) is 19.1 Å². The Hall–Kier alpha value is -2.89. The Balaban J connectivity index is 2.33. The van der Waals surface area contributed by atoms with Crippen LogP contribution in [-0.4, -0.2) is 26.9 Å². The highest BCUT2D eigenvalue weighted by molar-refractivity contribution is 5.56.